The van der Waals surface area contributed by atoms with E-state index >= 15 is 0 Å². The quantitative estimate of drug-likeness (QED) is 0.0840. The molecule has 0 saturated heterocycles. The van der Waals surface area contributed by atoms with Crippen LogP contribution in [0.1, 0.15) is 126 Å². The van der Waals surface area contributed by atoms with E-state index in [-0.39, 0.29) is 39.1 Å². The number of carbonyl (C=O) groups excluding carboxylic acids is 1. The van der Waals surface area contributed by atoms with Gasteiger partial charge in [-0.15, -0.1) is 0 Å². The van der Waals surface area contributed by atoms with E-state index < -0.39 is 11.4 Å². The van der Waals surface area contributed by atoms with Crippen molar-refractivity contribution in [3.63, 3.8) is 0 Å². The number of carboxylic acids is 1. The Morgan fingerprint density at radius 1 is 0.957 bits per heavy atom. The van der Waals surface area contributed by atoms with Gasteiger partial charge < -0.3 is 25.8 Å². The van der Waals surface area contributed by atoms with Gasteiger partial charge in [0, 0.05) is 11.1 Å². The smallest absolute Gasteiger partial charge is 0.338 e. The molecule has 4 aliphatic rings. The molecule has 0 aromatic heterocycles. The normalized spacial score (nSPS) is 33.9. The van der Waals surface area contributed by atoms with Crippen LogP contribution < -0.4 is 5.73 Å². The third-order valence-electron chi connectivity index (χ3n) is 13.5. The highest BCUT2D eigenvalue weighted by Gasteiger charge is 2.67. The number of unbranched alkanes of at least 4 members (excludes halogenated alkanes) is 1. The molecule has 3 saturated carbocycles. The Kier molecular flexibility index (Phi) is 9.04. The minimum Gasteiger partial charge on any atom is -0.504 e. The van der Waals surface area contributed by atoms with Crippen LogP contribution in [0.3, 0.4) is 0 Å². The fraction of sp³-hybridized carbons (Fsp3) is 0.600. The van der Waals surface area contributed by atoms with Crippen LogP contribution in [0.15, 0.2) is 42.0 Å². The number of phenolic OH excluding ortho intramolecular Hbond substituents is 2. The molecule has 5 N–H and O–H groups in total. The van der Waals surface area contributed by atoms with Crippen LogP contribution in [0.2, 0.25) is 0 Å². The van der Waals surface area contributed by atoms with Gasteiger partial charge in [0.25, 0.3) is 0 Å². The summed E-state index contributed by atoms with van der Waals surface area (Å²) in [5.41, 5.74) is 10.7. The highest BCUT2D eigenvalue weighted by molar-refractivity contribution is 5.89. The van der Waals surface area contributed by atoms with Crippen LogP contribution in [0, 0.1) is 34.5 Å². The number of rotatable bonds is 5. The Bertz CT molecular complexity index is 1580. The second-order valence-electron chi connectivity index (χ2n) is 16.2. The number of fused-ring (bicyclic) bond motifs is 7. The first-order chi connectivity index (χ1) is 22.0. The molecule has 6 rings (SSSR count). The Morgan fingerprint density at radius 2 is 1.62 bits per heavy atom. The molecule has 6 unspecified atom stereocenters. The van der Waals surface area contributed by atoms with Crippen LogP contribution >= 0.6 is 0 Å². The number of aliphatic carboxylic acids is 1. The number of hydrogen-bond donors (Lipinski definition) is 4. The molecular formula is C40H55NO6. The molecule has 0 radical (unpaired) electrons. The molecule has 7 nitrogen and oxygen atoms in total. The average Bonchev–Trinajstić information content (AvgIpc) is 3.03. The summed E-state index contributed by atoms with van der Waals surface area (Å²) >= 11 is 0. The first-order valence-corrected chi connectivity index (χ1v) is 17.5. The Balaban J connectivity index is 0.000000261. The van der Waals surface area contributed by atoms with Crippen LogP contribution in [0.5, 0.6) is 11.5 Å². The second kappa shape index (κ2) is 12.2. The minimum absolute atomic E-state index is 0.00431. The summed E-state index contributed by atoms with van der Waals surface area (Å²) in [6, 6.07) is 8.53. The predicted molar refractivity (Wildman–Crippen MR) is 186 cm³/mol. The van der Waals surface area contributed by atoms with E-state index in [0.29, 0.717) is 23.8 Å². The Morgan fingerprint density at radius 3 is 2.26 bits per heavy atom. The van der Waals surface area contributed by atoms with Crippen molar-refractivity contribution >= 4 is 17.6 Å². The van der Waals surface area contributed by atoms with E-state index in [9.17, 15) is 24.9 Å². The monoisotopic (exact) mass is 645 g/mol. The number of benzene rings is 2. The van der Waals surface area contributed by atoms with Gasteiger partial charge in [0.15, 0.2) is 11.5 Å². The number of carboxylic acid groups (broad SMARTS) is 1. The van der Waals surface area contributed by atoms with Crippen LogP contribution in [-0.4, -0.2) is 33.9 Å². The molecule has 6 atom stereocenters. The van der Waals surface area contributed by atoms with Crippen molar-refractivity contribution in [1.29, 1.82) is 0 Å². The number of allylic oxidation sites excluding steroid dienone is 2. The van der Waals surface area contributed by atoms with Crippen molar-refractivity contribution in [1.82, 2.24) is 0 Å². The highest BCUT2D eigenvalue weighted by atomic mass is 16.5. The molecule has 47 heavy (non-hydrogen) atoms. The van der Waals surface area contributed by atoms with Gasteiger partial charge in [0.1, 0.15) is 0 Å². The lowest BCUT2D eigenvalue weighted by Gasteiger charge is -2.69. The summed E-state index contributed by atoms with van der Waals surface area (Å²) in [4.78, 5) is 23.6. The molecule has 0 heterocycles. The summed E-state index contributed by atoms with van der Waals surface area (Å²) in [6.45, 7) is 16.1. The van der Waals surface area contributed by atoms with Gasteiger partial charge in [0.2, 0.25) is 0 Å². The van der Waals surface area contributed by atoms with Gasteiger partial charge in [0.05, 0.1) is 17.6 Å². The van der Waals surface area contributed by atoms with Crippen LogP contribution in [0.25, 0.3) is 0 Å². The summed E-state index contributed by atoms with van der Waals surface area (Å²) in [5.74, 6) is -0.561. The van der Waals surface area contributed by atoms with Crippen LogP contribution in [0.4, 0.5) is 5.69 Å². The fourth-order valence-corrected chi connectivity index (χ4v) is 9.90. The number of ether oxygens (including phenoxy) is 1. The van der Waals surface area contributed by atoms with Gasteiger partial charge in [-0.2, -0.15) is 0 Å². The molecule has 2 aromatic rings. The molecule has 2 aromatic carbocycles. The van der Waals surface area contributed by atoms with Crippen LogP contribution in [-0.2, 0) is 21.4 Å². The zero-order valence-corrected chi connectivity index (χ0v) is 29.5. The molecule has 3 fully saturated rings. The third-order valence-corrected chi connectivity index (χ3v) is 13.5. The van der Waals surface area contributed by atoms with Gasteiger partial charge in [-0.3, -0.25) is 4.79 Å². The van der Waals surface area contributed by atoms with E-state index in [2.05, 4.69) is 40.7 Å². The number of phenols is 2. The lowest BCUT2D eigenvalue weighted by atomic mass is 9.34. The molecule has 0 spiro atoms. The number of carbonyl (C=O) groups is 2. The van der Waals surface area contributed by atoms with Gasteiger partial charge in [-0.05, 0) is 141 Å². The van der Waals surface area contributed by atoms with E-state index in [1.807, 2.05) is 19.9 Å². The van der Waals surface area contributed by atoms with Gasteiger partial charge >= 0.3 is 11.9 Å². The first kappa shape index (κ1) is 34.8. The first-order valence-electron chi connectivity index (χ1n) is 17.5. The number of esters is 1. The molecule has 0 bridgehead atoms. The SMILES string of the molecule is CCCCOC(=O)c1ccc(N)cc1.Cc1c(O)c(O)cc2c1CC=C1C2(C)CCC2(C)C3CC(C)(C(=O)O)CCC3(C)CCC12C. The standard InChI is InChI=1S/C29H40O4.C11H15NO2/c1-17-18-7-8-21-27(4,19(18)15-20(30)23(17)31)12-14-29(6)22-16-26(3,24(32)33)10-9-25(22,2)11-13-28(21,29)5;1-2-3-8-14-11(13)9-4-6-10(12)7-5-9/h8,15,22,30-31H,7,9-14,16H2,1-6H3,(H,32,33);4-7H,2-3,8,12H2,1H3. The van der Waals surface area contributed by atoms with E-state index in [4.69, 9.17) is 10.5 Å². The van der Waals surface area contributed by atoms with E-state index in [1.165, 1.54) is 11.1 Å². The average molecular weight is 646 g/mol. The fourth-order valence-electron chi connectivity index (χ4n) is 9.90. The van der Waals surface area contributed by atoms with Crippen molar-refractivity contribution < 1.29 is 29.6 Å². The Labute approximate surface area is 280 Å². The predicted octanol–water partition coefficient (Wildman–Crippen LogP) is 8.87. The van der Waals surface area contributed by atoms with E-state index in [0.717, 1.165) is 75.3 Å². The molecule has 7 heteroatoms. The molecule has 0 amide bonds. The minimum atomic E-state index is -0.641. The summed E-state index contributed by atoms with van der Waals surface area (Å²) < 4.78 is 5.03. The zero-order chi connectivity index (χ0) is 34.6. The largest absolute Gasteiger partial charge is 0.504 e. The molecule has 256 valence electrons. The topological polar surface area (TPSA) is 130 Å². The third kappa shape index (κ3) is 5.61. The Hall–Kier alpha value is -3.48. The zero-order valence-electron chi connectivity index (χ0n) is 29.5. The highest BCUT2D eigenvalue weighted by Crippen LogP contribution is 2.74. The lowest BCUT2D eigenvalue weighted by molar-refractivity contribution is -0.177. The maximum atomic E-state index is 12.3. The lowest BCUT2D eigenvalue weighted by Crippen LogP contribution is -2.62. The van der Waals surface area contributed by atoms with Crippen molar-refractivity contribution in [2.75, 3.05) is 12.3 Å². The van der Waals surface area contributed by atoms with Crippen molar-refractivity contribution in [2.24, 2.45) is 27.6 Å². The summed E-state index contributed by atoms with van der Waals surface area (Å²) in [6.07, 6.45) is 12.0. The molecule has 4 aliphatic carbocycles. The number of aromatic hydroxyl groups is 2. The number of anilines is 1. The maximum Gasteiger partial charge on any atom is 0.338 e. The number of hydrogen-bond acceptors (Lipinski definition) is 6. The number of nitrogen functional groups attached to an aromatic ring is 1. The van der Waals surface area contributed by atoms with Crippen molar-refractivity contribution in [3.8, 4) is 11.5 Å². The summed E-state index contributed by atoms with van der Waals surface area (Å²) in [5, 5.41) is 30.9. The molecular weight excluding hydrogens is 590 g/mol. The van der Waals surface area contributed by atoms with E-state index in [1.54, 1.807) is 24.3 Å². The summed E-state index contributed by atoms with van der Waals surface area (Å²) in [7, 11) is 0. The second-order valence-corrected chi connectivity index (χ2v) is 16.2. The maximum absolute atomic E-state index is 12.3. The number of nitrogens with two attached hydrogens (primary N) is 1. The molecule has 0 aliphatic heterocycles. The van der Waals surface area contributed by atoms with Gasteiger partial charge in [-0.1, -0.05) is 52.7 Å². The van der Waals surface area contributed by atoms with Crippen molar-refractivity contribution in [3.05, 3.63) is 64.2 Å². The van der Waals surface area contributed by atoms with Crippen molar-refractivity contribution in [2.45, 2.75) is 118 Å². The van der Waals surface area contributed by atoms with Gasteiger partial charge in [-0.25, -0.2) is 4.79 Å².